The second-order valence-corrected chi connectivity index (χ2v) is 7.46. The van der Waals surface area contributed by atoms with Crippen LogP contribution in [0.15, 0.2) is 12.1 Å². The van der Waals surface area contributed by atoms with Crippen LogP contribution in [0.5, 0.6) is 0 Å². The number of rotatable bonds is 2. The van der Waals surface area contributed by atoms with E-state index in [0.29, 0.717) is 12.7 Å². The fourth-order valence-corrected chi connectivity index (χ4v) is 2.93. The Morgan fingerprint density at radius 3 is 2.26 bits per heavy atom. The lowest BCUT2D eigenvalue weighted by atomic mass is 10.1. The second-order valence-electron chi connectivity index (χ2n) is 3.46. The van der Waals surface area contributed by atoms with Crippen LogP contribution in [-0.4, -0.2) is 19.8 Å². The molecule has 0 unspecified atom stereocenters. The van der Waals surface area contributed by atoms with Gasteiger partial charge in [0.2, 0.25) is 0 Å². The third-order valence-electron chi connectivity index (χ3n) is 2.00. The molecule has 0 aliphatic heterocycles. The Bertz CT molecular complexity index is 628. The highest BCUT2D eigenvalue weighted by atomic mass is 127. The summed E-state index contributed by atoms with van der Waals surface area (Å²) in [6.45, 7) is 1.67. The number of halogens is 5. The molecular weight excluding hydrogens is 513 g/mol. The van der Waals surface area contributed by atoms with Crippen LogP contribution in [0.4, 0.5) is 13.2 Å². The van der Waals surface area contributed by atoms with E-state index >= 15 is 0 Å². The van der Waals surface area contributed by atoms with E-state index in [9.17, 15) is 26.4 Å². The normalized spacial score (nSPS) is 12.3. The van der Waals surface area contributed by atoms with Crippen LogP contribution in [0.2, 0.25) is 0 Å². The fraction of sp³-hybridized carbons (Fsp3) is 0.222. The van der Waals surface area contributed by atoms with Crippen molar-refractivity contribution < 1.29 is 26.4 Å². The van der Waals surface area contributed by atoms with Crippen LogP contribution in [0.25, 0.3) is 0 Å². The number of alkyl halides is 3. The molecule has 10 heteroatoms. The van der Waals surface area contributed by atoms with Gasteiger partial charge in [-0.25, -0.2) is 4.72 Å². The van der Waals surface area contributed by atoms with Crippen molar-refractivity contribution >= 4 is 61.1 Å². The summed E-state index contributed by atoms with van der Waals surface area (Å²) in [5.74, 6) is -1.30. The van der Waals surface area contributed by atoms with Gasteiger partial charge in [-0.3, -0.25) is 4.79 Å². The molecule has 19 heavy (non-hydrogen) atoms. The van der Waals surface area contributed by atoms with Gasteiger partial charge in [-0.15, -0.1) is 0 Å². The van der Waals surface area contributed by atoms with Gasteiger partial charge in [-0.05, 0) is 69.8 Å². The first-order valence-electron chi connectivity index (χ1n) is 4.55. The Hall–Kier alpha value is -0.110. The number of carbonyl (C=O) groups is 1. The minimum Gasteiger partial charge on any atom is -0.268 e. The summed E-state index contributed by atoms with van der Waals surface area (Å²) in [4.78, 5) is 11.6. The Kier molecular flexibility index (Phi) is 5.09. The molecule has 0 atom stereocenters. The molecule has 0 spiro atoms. The lowest BCUT2D eigenvalue weighted by Gasteiger charge is -2.11. The van der Waals surface area contributed by atoms with Crippen LogP contribution in [-0.2, 0) is 10.0 Å². The third kappa shape index (κ3) is 3.93. The molecule has 0 heterocycles. The summed E-state index contributed by atoms with van der Waals surface area (Å²) in [6, 6.07) is 3.04. The average Bonchev–Trinajstić information content (AvgIpc) is 2.20. The van der Waals surface area contributed by atoms with Gasteiger partial charge >= 0.3 is 15.5 Å². The quantitative estimate of drug-likeness (QED) is 0.612. The standard InChI is InChI=1S/C9H6F3I2NO3S/c1-4-2-5(13)3-6(7(4)14)8(16)15-19(17,18)9(10,11)12/h2-3H,1H3,(H,15,16). The molecule has 0 saturated heterocycles. The minimum atomic E-state index is -5.69. The highest BCUT2D eigenvalue weighted by Crippen LogP contribution is 2.24. The summed E-state index contributed by atoms with van der Waals surface area (Å²) < 4.78 is 60.2. The number of amides is 1. The molecule has 1 rings (SSSR count). The first-order valence-corrected chi connectivity index (χ1v) is 8.19. The Morgan fingerprint density at radius 2 is 1.79 bits per heavy atom. The molecule has 1 aromatic carbocycles. The molecule has 0 aliphatic rings. The van der Waals surface area contributed by atoms with Crippen LogP contribution < -0.4 is 4.72 Å². The largest absolute Gasteiger partial charge is 0.516 e. The maximum Gasteiger partial charge on any atom is 0.516 e. The van der Waals surface area contributed by atoms with Crippen LogP contribution >= 0.6 is 45.2 Å². The first-order chi connectivity index (χ1) is 8.45. The monoisotopic (exact) mass is 519 g/mol. The molecule has 1 N–H and O–H groups in total. The average molecular weight is 519 g/mol. The van der Waals surface area contributed by atoms with E-state index in [-0.39, 0.29) is 5.56 Å². The van der Waals surface area contributed by atoms with Crippen molar-refractivity contribution in [3.8, 4) is 0 Å². The predicted molar refractivity (Wildman–Crippen MR) is 79.1 cm³/mol. The Labute approximate surface area is 134 Å². The molecule has 0 radical (unpaired) electrons. The number of hydrogen-bond donors (Lipinski definition) is 1. The number of sulfonamides is 1. The van der Waals surface area contributed by atoms with Crippen molar-refractivity contribution in [2.75, 3.05) is 0 Å². The van der Waals surface area contributed by atoms with E-state index in [2.05, 4.69) is 0 Å². The van der Waals surface area contributed by atoms with Gasteiger partial charge in [0.15, 0.2) is 0 Å². The van der Waals surface area contributed by atoms with Crippen LogP contribution in [0, 0.1) is 14.1 Å². The summed E-state index contributed by atoms with van der Waals surface area (Å²) in [6.07, 6.45) is 0. The van der Waals surface area contributed by atoms with Gasteiger partial charge in [0, 0.05) is 7.14 Å². The van der Waals surface area contributed by atoms with E-state index in [4.69, 9.17) is 0 Å². The van der Waals surface area contributed by atoms with Crippen molar-refractivity contribution in [3.63, 3.8) is 0 Å². The molecule has 0 bridgehead atoms. The van der Waals surface area contributed by atoms with Gasteiger partial charge in [0.1, 0.15) is 0 Å². The summed E-state index contributed by atoms with van der Waals surface area (Å²) in [5, 5.41) is 0. The van der Waals surface area contributed by atoms with Crippen molar-refractivity contribution in [3.05, 3.63) is 30.4 Å². The fourth-order valence-electron chi connectivity index (χ4n) is 1.13. The minimum absolute atomic E-state index is 0.113. The first kappa shape index (κ1) is 16.9. The lowest BCUT2D eigenvalue weighted by Crippen LogP contribution is -2.40. The summed E-state index contributed by atoms with van der Waals surface area (Å²) >= 11 is 3.65. The maximum absolute atomic E-state index is 12.2. The zero-order valence-corrected chi connectivity index (χ0v) is 14.3. The van der Waals surface area contributed by atoms with Crippen molar-refractivity contribution in [2.24, 2.45) is 0 Å². The summed E-state index contributed by atoms with van der Waals surface area (Å²) in [7, 11) is -5.69. The predicted octanol–water partition coefficient (Wildman–Crippen LogP) is 2.78. The molecule has 106 valence electrons. The molecule has 1 aromatic rings. The number of aryl methyl sites for hydroxylation is 1. The van der Waals surface area contributed by atoms with Gasteiger partial charge in [-0.1, -0.05) is 0 Å². The van der Waals surface area contributed by atoms with Crippen molar-refractivity contribution in [2.45, 2.75) is 12.4 Å². The zero-order chi connectivity index (χ0) is 15.0. The summed E-state index contributed by atoms with van der Waals surface area (Å²) in [5.41, 5.74) is -4.97. The van der Waals surface area contributed by atoms with Crippen LogP contribution in [0.3, 0.4) is 0 Å². The van der Waals surface area contributed by atoms with Gasteiger partial charge in [0.05, 0.1) is 5.56 Å². The molecular formula is C9H6F3I2NO3S. The number of carbonyl (C=O) groups excluding carboxylic acids is 1. The van der Waals surface area contributed by atoms with E-state index in [1.54, 1.807) is 35.6 Å². The van der Waals surface area contributed by atoms with Gasteiger partial charge < -0.3 is 0 Å². The number of nitrogens with one attached hydrogen (secondary N) is 1. The van der Waals surface area contributed by atoms with E-state index < -0.39 is 21.4 Å². The van der Waals surface area contributed by atoms with Gasteiger partial charge in [0.25, 0.3) is 5.91 Å². The maximum atomic E-state index is 12.2. The lowest BCUT2D eigenvalue weighted by molar-refractivity contribution is -0.0446. The molecule has 1 amide bonds. The van der Waals surface area contributed by atoms with Crippen molar-refractivity contribution in [1.82, 2.24) is 4.72 Å². The topological polar surface area (TPSA) is 63.2 Å². The van der Waals surface area contributed by atoms with E-state index in [0.717, 1.165) is 4.72 Å². The SMILES string of the molecule is Cc1cc(I)cc(C(=O)NS(=O)(=O)C(F)(F)F)c1I. The highest BCUT2D eigenvalue weighted by molar-refractivity contribution is 14.1. The molecule has 0 fully saturated rings. The number of benzene rings is 1. The third-order valence-corrected chi connectivity index (χ3v) is 5.11. The Morgan fingerprint density at radius 1 is 1.26 bits per heavy atom. The molecule has 4 nitrogen and oxygen atoms in total. The van der Waals surface area contributed by atoms with Gasteiger partial charge in [-0.2, -0.15) is 21.6 Å². The van der Waals surface area contributed by atoms with Crippen molar-refractivity contribution in [1.29, 1.82) is 0 Å². The zero-order valence-electron chi connectivity index (χ0n) is 9.18. The second kappa shape index (κ2) is 5.71. The van der Waals surface area contributed by atoms with E-state index in [1.165, 1.54) is 6.07 Å². The molecule has 0 saturated carbocycles. The Balaban J connectivity index is 3.18. The highest BCUT2D eigenvalue weighted by Gasteiger charge is 2.47. The van der Waals surface area contributed by atoms with E-state index in [1.807, 2.05) is 22.6 Å². The number of hydrogen-bond acceptors (Lipinski definition) is 3. The smallest absolute Gasteiger partial charge is 0.268 e. The van der Waals surface area contributed by atoms with Crippen LogP contribution in [0.1, 0.15) is 15.9 Å². The molecule has 0 aliphatic carbocycles. The molecule has 0 aromatic heterocycles.